The number of carbonyl (C=O) groups excluding carboxylic acids is 7. The first-order chi connectivity index (χ1) is 29.8. The van der Waals surface area contributed by atoms with Gasteiger partial charge in [-0.1, -0.05) is 95.7 Å². The van der Waals surface area contributed by atoms with E-state index in [0.717, 1.165) is 54.6 Å². The summed E-state index contributed by atoms with van der Waals surface area (Å²) >= 11 is 0. The van der Waals surface area contributed by atoms with Crippen molar-refractivity contribution in [1.29, 1.82) is 0 Å². The molecule has 0 aliphatic rings. The van der Waals surface area contributed by atoms with Gasteiger partial charge in [0.05, 0.1) is 40.5 Å². The molecule has 1 aromatic rings. The topological polar surface area (TPSA) is 247 Å². The third-order valence-electron chi connectivity index (χ3n) is 9.49. The smallest absolute Gasteiger partial charge is 0.428 e. The van der Waals surface area contributed by atoms with E-state index in [0.29, 0.717) is 0 Å². The first kappa shape index (κ1) is 66.8. The summed E-state index contributed by atoms with van der Waals surface area (Å²) in [5.41, 5.74) is -8.95. The molecule has 0 unspecified atom stereocenters. The van der Waals surface area contributed by atoms with E-state index in [-0.39, 0.29) is 31.2 Å². The summed E-state index contributed by atoms with van der Waals surface area (Å²) < 4.78 is 61.8. The van der Waals surface area contributed by atoms with Gasteiger partial charge in [0.1, 0.15) is 5.60 Å². The molecular formula is C46H73F3O16. The van der Waals surface area contributed by atoms with Crippen molar-refractivity contribution in [3.63, 3.8) is 0 Å². The summed E-state index contributed by atoms with van der Waals surface area (Å²) in [5, 5.41) is 38.1. The van der Waals surface area contributed by atoms with Gasteiger partial charge >= 0.3 is 30.1 Å². The van der Waals surface area contributed by atoms with Gasteiger partial charge in [-0.2, -0.15) is 13.2 Å². The Morgan fingerprint density at radius 3 is 1.49 bits per heavy atom. The maximum Gasteiger partial charge on any atom is 0.428 e. The first-order valence-electron chi connectivity index (χ1n) is 20.5. The minimum atomic E-state index is -4.80. The molecule has 374 valence electrons. The average Bonchev–Trinajstić information content (AvgIpc) is 3.27. The number of methoxy groups -OCH3 is 5. The number of ketones is 3. The van der Waals surface area contributed by atoms with Gasteiger partial charge in [0.15, 0.2) is 17.2 Å². The molecule has 4 N–H and O–H groups in total. The number of esters is 4. The molecule has 1 rings (SSSR count). The second-order valence-electron chi connectivity index (χ2n) is 15.0. The molecule has 0 bridgehead atoms. The van der Waals surface area contributed by atoms with Crippen molar-refractivity contribution in [3.05, 3.63) is 60.2 Å². The Bertz CT molecular complexity index is 1670. The fourth-order valence-corrected chi connectivity index (χ4v) is 5.00. The third-order valence-corrected chi connectivity index (χ3v) is 9.49. The second-order valence-corrected chi connectivity index (χ2v) is 15.0. The maximum atomic E-state index is 13.3. The molecule has 0 aromatic heterocycles. The number of benzene rings is 1. The third kappa shape index (κ3) is 22.8. The molecule has 1 aromatic carbocycles. The fraction of sp³-hybridized carbons (Fsp3) is 0.630. The van der Waals surface area contributed by atoms with Gasteiger partial charge in [-0.25, -0.2) is 14.4 Å². The van der Waals surface area contributed by atoms with Crippen LogP contribution < -0.4 is 0 Å². The van der Waals surface area contributed by atoms with Crippen LogP contribution in [-0.2, 0) is 62.8 Å². The van der Waals surface area contributed by atoms with Gasteiger partial charge in [0.25, 0.3) is 5.78 Å². The van der Waals surface area contributed by atoms with Crippen LogP contribution in [0.3, 0.4) is 0 Å². The molecule has 16 nitrogen and oxygen atoms in total. The summed E-state index contributed by atoms with van der Waals surface area (Å²) in [4.78, 5) is 77.8. The Balaban J connectivity index is -0.000000365. The number of alkyl halides is 3. The van der Waals surface area contributed by atoms with E-state index in [1.54, 1.807) is 51.1 Å². The van der Waals surface area contributed by atoms with E-state index in [4.69, 9.17) is 0 Å². The summed E-state index contributed by atoms with van der Waals surface area (Å²) in [7, 11) is 5.48. The van der Waals surface area contributed by atoms with Gasteiger partial charge in [-0.05, 0) is 53.9 Å². The van der Waals surface area contributed by atoms with E-state index in [1.807, 2.05) is 13.8 Å². The highest BCUT2D eigenvalue weighted by Crippen LogP contribution is 2.44. The number of Topliss-reactive ketones (excluding diaryl/α,β-unsaturated/α-hetero) is 3. The van der Waals surface area contributed by atoms with Crippen LogP contribution in [0.2, 0.25) is 0 Å². The van der Waals surface area contributed by atoms with Crippen molar-refractivity contribution in [3.8, 4) is 0 Å². The summed E-state index contributed by atoms with van der Waals surface area (Å²) in [6, 6.07) is 6.97. The Labute approximate surface area is 381 Å². The number of rotatable bonds is 19. The van der Waals surface area contributed by atoms with Crippen molar-refractivity contribution in [1.82, 2.24) is 0 Å². The molecule has 0 aliphatic heterocycles. The van der Waals surface area contributed by atoms with E-state index in [2.05, 4.69) is 30.6 Å². The van der Waals surface area contributed by atoms with Crippen LogP contribution >= 0.6 is 0 Å². The number of hydrogen-bond acceptors (Lipinski definition) is 16. The highest BCUT2D eigenvalue weighted by Gasteiger charge is 2.62. The standard InChI is InChI=1S/C13H15F3O2.2C9H14O4.C8H14O5.C7H16O/c1-9(2)11(17)12(18-3,13(14,15)16)10-7-5-4-6-8-10;1-4-5-6-9(2,12)7(10)8(11)13-3;1-4-5-6-9(12,7(2)10)8(11)13-3;1-4-8(11,7(10)13-3)5-6(9)12-2;1-4-6-7(3,8)5-2/h4-9H,1-3H3;2*4-5,12H,6H2,1-3H3;11H,4-5H2,1-3H3;8H,4-6H2,1-3H3/b;2*5-4+;;/t12-;2*9-;8-;7-/m11010/s1. The minimum Gasteiger partial charge on any atom is -0.469 e. The van der Waals surface area contributed by atoms with Gasteiger partial charge in [-0.3, -0.25) is 19.2 Å². The van der Waals surface area contributed by atoms with Crippen LogP contribution in [-0.4, -0.2) is 126 Å². The lowest BCUT2D eigenvalue weighted by Gasteiger charge is -2.34. The number of ether oxygens (including phenoxy) is 5. The van der Waals surface area contributed by atoms with Crippen molar-refractivity contribution >= 4 is 41.2 Å². The first-order valence-corrected chi connectivity index (χ1v) is 20.5. The molecule has 0 fully saturated rings. The molecule has 0 heterocycles. The second kappa shape index (κ2) is 32.0. The van der Waals surface area contributed by atoms with E-state index >= 15 is 0 Å². The number of hydrogen-bond donors (Lipinski definition) is 4. The molecule has 0 radical (unpaired) electrons. The zero-order chi connectivity index (χ0) is 52.0. The van der Waals surface area contributed by atoms with Crippen molar-refractivity contribution < 1.29 is 90.8 Å². The molecular weight excluding hydrogens is 865 g/mol. The molecule has 65 heavy (non-hydrogen) atoms. The molecule has 0 saturated heterocycles. The Kier molecular flexibility index (Phi) is 32.8. The summed E-state index contributed by atoms with van der Waals surface area (Å²) in [6.45, 7) is 16.3. The Morgan fingerprint density at radius 1 is 0.708 bits per heavy atom. The lowest BCUT2D eigenvalue weighted by molar-refractivity contribution is -0.266. The highest BCUT2D eigenvalue weighted by atomic mass is 19.4. The number of allylic oxidation sites excluding steroid dienone is 2. The number of carbonyl (C=O) groups is 7. The fourth-order valence-electron chi connectivity index (χ4n) is 5.00. The molecule has 0 aliphatic carbocycles. The minimum absolute atomic E-state index is 0.0501. The lowest BCUT2D eigenvalue weighted by Crippen LogP contribution is -2.52. The van der Waals surface area contributed by atoms with E-state index in [9.17, 15) is 67.2 Å². The lowest BCUT2D eigenvalue weighted by atomic mass is 9.83. The molecule has 0 saturated carbocycles. The Hall–Kier alpha value is -4.82. The van der Waals surface area contributed by atoms with E-state index < -0.39 is 81.3 Å². The SMILES string of the molecule is C/C=C/C[C@@](C)(O)C(=O)C(=O)OC.C/C=C/C[C@](O)(C(C)=O)C(=O)OC.CCC[C@@](C)(O)CC.CC[C@@](O)(CC(=O)OC)C(=O)OC.CO[C@@](C(=O)C(C)C)(c1ccccc1)C(F)(F)F. The Morgan fingerprint density at radius 2 is 1.18 bits per heavy atom. The molecule has 0 amide bonds. The van der Waals surface area contributed by atoms with Gasteiger partial charge in [-0.15, -0.1) is 0 Å². The van der Waals surface area contributed by atoms with E-state index in [1.165, 1.54) is 52.1 Å². The molecule has 19 heteroatoms. The van der Waals surface area contributed by atoms with Crippen LogP contribution in [0.4, 0.5) is 13.2 Å². The average molecular weight is 939 g/mol. The summed E-state index contributed by atoms with van der Waals surface area (Å²) in [6.07, 6.45) is 4.33. The van der Waals surface area contributed by atoms with Crippen LogP contribution in [0.25, 0.3) is 0 Å². The van der Waals surface area contributed by atoms with Gasteiger partial charge in [0, 0.05) is 31.4 Å². The zero-order valence-corrected chi connectivity index (χ0v) is 40.5. The molecule has 0 spiro atoms. The van der Waals surface area contributed by atoms with Crippen LogP contribution in [0, 0.1) is 5.92 Å². The van der Waals surface area contributed by atoms with Crippen LogP contribution in [0.1, 0.15) is 120 Å². The van der Waals surface area contributed by atoms with Crippen LogP contribution in [0.15, 0.2) is 54.6 Å². The van der Waals surface area contributed by atoms with Crippen molar-refractivity contribution in [2.75, 3.05) is 35.5 Å². The molecule has 5 atom stereocenters. The number of halogens is 3. The van der Waals surface area contributed by atoms with Crippen molar-refractivity contribution in [2.24, 2.45) is 5.92 Å². The normalized spacial score (nSPS) is 15.6. The predicted molar refractivity (Wildman–Crippen MR) is 235 cm³/mol. The largest absolute Gasteiger partial charge is 0.469 e. The maximum absolute atomic E-state index is 13.3. The predicted octanol–water partition coefficient (Wildman–Crippen LogP) is 6.02. The van der Waals surface area contributed by atoms with Gasteiger partial charge < -0.3 is 44.1 Å². The zero-order valence-electron chi connectivity index (χ0n) is 40.5. The highest BCUT2D eigenvalue weighted by molar-refractivity contribution is 6.36. The van der Waals surface area contributed by atoms with Crippen molar-refractivity contribution in [2.45, 2.75) is 148 Å². The summed E-state index contributed by atoms with van der Waals surface area (Å²) in [5.74, 6) is -6.72. The monoisotopic (exact) mass is 938 g/mol. The number of aliphatic hydroxyl groups is 4. The van der Waals surface area contributed by atoms with Gasteiger partial charge in [0.2, 0.25) is 11.2 Å². The van der Waals surface area contributed by atoms with Crippen LogP contribution in [0.5, 0.6) is 0 Å². The quantitative estimate of drug-likeness (QED) is 0.0407.